The van der Waals surface area contributed by atoms with Crippen molar-refractivity contribution in [2.45, 2.75) is 96.4 Å². The number of fused-ring (bicyclic) bond motifs is 10. The van der Waals surface area contributed by atoms with Gasteiger partial charge in [0, 0.05) is 21.5 Å². The van der Waals surface area contributed by atoms with Gasteiger partial charge in [0.1, 0.15) is 0 Å². The first-order valence-electron chi connectivity index (χ1n) is 14.6. The van der Waals surface area contributed by atoms with Gasteiger partial charge in [-0.1, -0.05) is 0 Å². The molecule has 1 heteroatoms. The Balaban J connectivity index is 1.85. The van der Waals surface area contributed by atoms with Crippen LogP contribution in [0.1, 0.15) is 83.5 Å². The zero-order chi connectivity index (χ0) is 28.1. The van der Waals surface area contributed by atoms with Crippen LogP contribution in [0.15, 0.2) is 0 Å². The minimum Gasteiger partial charge on any atom is -0.307 e. The van der Waals surface area contributed by atoms with Crippen molar-refractivity contribution in [1.82, 2.24) is 4.40 Å². The van der Waals surface area contributed by atoms with Crippen LogP contribution >= 0.6 is 0 Å². The lowest BCUT2D eigenvalue weighted by Gasteiger charge is -2.19. The Bertz CT molecular complexity index is 2140. The highest BCUT2D eigenvalue weighted by Gasteiger charge is 2.34. The molecule has 4 aromatic carbocycles. The second-order valence-electron chi connectivity index (χ2n) is 12.9. The van der Waals surface area contributed by atoms with E-state index in [1.165, 1.54) is 122 Å². The molecule has 0 amide bonds. The van der Waals surface area contributed by atoms with E-state index in [0.29, 0.717) is 0 Å². The van der Waals surface area contributed by atoms with Crippen LogP contribution in [0.3, 0.4) is 0 Å². The van der Waals surface area contributed by atoms with Gasteiger partial charge in [0.25, 0.3) is 0 Å². The SMILES string of the molecule is Cc1c(C)c(C)c2c(c1C)Cc1c-2c(C)c(C)c2c1c1c(C)c(C)c(C)c3c4c(C)c(C)c(C)c(C)c4n2c31. The fraction of sp³-hybridized carbons (Fsp3) is 0.368. The van der Waals surface area contributed by atoms with Gasteiger partial charge in [-0.2, -0.15) is 0 Å². The molecule has 0 unspecified atom stereocenters. The van der Waals surface area contributed by atoms with E-state index >= 15 is 0 Å². The third-order valence-corrected chi connectivity index (χ3v) is 11.7. The molecule has 39 heavy (non-hydrogen) atoms. The highest BCUT2D eigenvalue weighted by atomic mass is 14.9. The van der Waals surface area contributed by atoms with E-state index in [9.17, 15) is 0 Å². The maximum atomic E-state index is 2.70. The number of rotatable bonds is 0. The first kappa shape index (κ1) is 24.7. The lowest BCUT2D eigenvalue weighted by molar-refractivity contribution is 1.15. The maximum Gasteiger partial charge on any atom is 0.0626 e. The number of hydrogen-bond acceptors (Lipinski definition) is 0. The minimum absolute atomic E-state index is 1.04. The lowest BCUT2D eigenvalue weighted by atomic mass is 9.86. The average Bonchev–Trinajstić information content (AvgIpc) is 3.57. The molecule has 2 heterocycles. The second-order valence-corrected chi connectivity index (χ2v) is 12.9. The van der Waals surface area contributed by atoms with E-state index in [1.54, 1.807) is 11.1 Å². The molecule has 7 rings (SSSR count). The summed E-state index contributed by atoms with van der Waals surface area (Å²) in [5, 5.41) is 5.95. The Morgan fingerprint density at radius 3 is 1.28 bits per heavy atom. The smallest absolute Gasteiger partial charge is 0.0626 e. The van der Waals surface area contributed by atoms with E-state index in [4.69, 9.17) is 0 Å². The van der Waals surface area contributed by atoms with Crippen molar-refractivity contribution in [2.75, 3.05) is 0 Å². The van der Waals surface area contributed by atoms with Crippen molar-refractivity contribution < 1.29 is 0 Å². The van der Waals surface area contributed by atoms with E-state index in [-0.39, 0.29) is 0 Å². The van der Waals surface area contributed by atoms with Crippen molar-refractivity contribution in [1.29, 1.82) is 0 Å². The summed E-state index contributed by atoms with van der Waals surface area (Å²) in [6.07, 6.45) is 1.04. The number of benzene rings is 4. The third-order valence-electron chi connectivity index (χ3n) is 11.7. The molecule has 0 atom stereocenters. The molecule has 6 aromatic rings. The van der Waals surface area contributed by atoms with Crippen LogP contribution in [0.2, 0.25) is 0 Å². The first-order valence-corrected chi connectivity index (χ1v) is 14.6. The predicted octanol–water partition coefficient (Wildman–Crippen LogP) is 10.4. The summed E-state index contributed by atoms with van der Waals surface area (Å²) in [5.41, 5.74) is 29.3. The Labute approximate surface area is 233 Å². The summed E-state index contributed by atoms with van der Waals surface area (Å²) < 4.78 is 2.70. The van der Waals surface area contributed by atoms with Crippen LogP contribution < -0.4 is 0 Å². The molecule has 1 aliphatic carbocycles. The first-order chi connectivity index (χ1) is 18.3. The minimum atomic E-state index is 1.04. The molecule has 0 saturated heterocycles. The molecule has 1 aliphatic rings. The summed E-state index contributed by atoms with van der Waals surface area (Å²) in [4.78, 5) is 0. The van der Waals surface area contributed by atoms with Crippen LogP contribution in [0, 0.1) is 90.0 Å². The number of aromatic nitrogens is 1. The molecule has 0 N–H and O–H groups in total. The van der Waals surface area contributed by atoms with Crippen LogP contribution in [-0.2, 0) is 6.42 Å². The van der Waals surface area contributed by atoms with Gasteiger partial charge >= 0.3 is 0 Å². The normalized spacial score (nSPS) is 13.2. The van der Waals surface area contributed by atoms with Gasteiger partial charge in [-0.25, -0.2) is 0 Å². The number of nitrogens with zero attached hydrogens (tertiary/aromatic N) is 1. The molecule has 198 valence electrons. The van der Waals surface area contributed by atoms with Crippen molar-refractivity contribution in [3.63, 3.8) is 0 Å². The maximum absolute atomic E-state index is 2.70. The van der Waals surface area contributed by atoms with Crippen molar-refractivity contribution in [2.24, 2.45) is 0 Å². The van der Waals surface area contributed by atoms with E-state index in [1.807, 2.05) is 0 Å². The summed E-state index contributed by atoms with van der Waals surface area (Å²) in [7, 11) is 0. The predicted molar refractivity (Wildman–Crippen MR) is 171 cm³/mol. The summed E-state index contributed by atoms with van der Waals surface area (Å²) >= 11 is 0. The Morgan fingerprint density at radius 2 is 0.667 bits per heavy atom. The molecule has 1 nitrogen and oxygen atoms in total. The zero-order valence-electron chi connectivity index (χ0n) is 26.2. The molecule has 0 spiro atoms. The van der Waals surface area contributed by atoms with Gasteiger partial charge in [0.15, 0.2) is 0 Å². The fourth-order valence-corrected chi connectivity index (χ4v) is 8.42. The average molecular weight is 512 g/mol. The van der Waals surface area contributed by atoms with Crippen LogP contribution in [0.5, 0.6) is 0 Å². The molecule has 0 radical (unpaired) electrons. The van der Waals surface area contributed by atoms with E-state index < -0.39 is 0 Å². The van der Waals surface area contributed by atoms with E-state index in [2.05, 4.69) is 94.4 Å². The number of hydrogen-bond donors (Lipinski definition) is 0. The zero-order valence-corrected chi connectivity index (χ0v) is 26.2. The highest BCUT2D eigenvalue weighted by Crippen LogP contribution is 2.54. The molecular weight excluding hydrogens is 470 g/mol. The van der Waals surface area contributed by atoms with Crippen molar-refractivity contribution >= 4 is 38.1 Å². The van der Waals surface area contributed by atoms with Gasteiger partial charge in [-0.3, -0.25) is 0 Å². The van der Waals surface area contributed by atoms with Gasteiger partial charge in [0.2, 0.25) is 0 Å². The summed E-state index contributed by atoms with van der Waals surface area (Å²) in [6, 6.07) is 0. The van der Waals surface area contributed by atoms with Crippen molar-refractivity contribution in [3.8, 4) is 11.1 Å². The quantitative estimate of drug-likeness (QED) is 0.191. The fourth-order valence-electron chi connectivity index (χ4n) is 8.42. The molecule has 0 saturated carbocycles. The van der Waals surface area contributed by atoms with Gasteiger partial charge in [-0.05, 0) is 191 Å². The topological polar surface area (TPSA) is 4.41 Å². The highest BCUT2D eigenvalue weighted by molar-refractivity contribution is 6.28. The monoisotopic (exact) mass is 511 g/mol. The van der Waals surface area contributed by atoms with Crippen LogP contribution in [-0.4, -0.2) is 4.40 Å². The summed E-state index contributed by atoms with van der Waals surface area (Å²) in [5.74, 6) is 0. The molecule has 2 aromatic heterocycles. The van der Waals surface area contributed by atoms with Crippen LogP contribution in [0.25, 0.3) is 49.2 Å². The molecule has 0 bridgehead atoms. The lowest BCUT2D eigenvalue weighted by Crippen LogP contribution is -1.99. The van der Waals surface area contributed by atoms with Crippen LogP contribution in [0.4, 0.5) is 0 Å². The van der Waals surface area contributed by atoms with Gasteiger partial charge in [0.05, 0.1) is 16.6 Å². The van der Waals surface area contributed by atoms with E-state index in [0.717, 1.165) is 6.42 Å². The van der Waals surface area contributed by atoms with Crippen molar-refractivity contribution in [3.05, 3.63) is 83.5 Å². The Kier molecular flexibility index (Phi) is 4.72. The van der Waals surface area contributed by atoms with Gasteiger partial charge in [-0.15, -0.1) is 0 Å². The Morgan fingerprint density at radius 1 is 0.308 bits per heavy atom. The molecule has 0 fully saturated rings. The van der Waals surface area contributed by atoms with Gasteiger partial charge < -0.3 is 4.40 Å². The molecular formula is C38H41N. The molecule has 0 aliphatic heterocycles. The largest absolute Gasteiger partial charge is 0.307 e. The third kappa shape index (κ3) is 2.54. The summed E-state index contributed by atoms with van der Waals surface area (Å²) in [6.45, 7) is 30.5. The standard InChI is InChI=1S/C38H41N/c1-15-16(2)21(7)30-28(20(15)6)14-29-31(30)25(11)27(13)37-35(29)34-24(10)19(5)23(9)33-32-22(8)17(3)18(4)26(12)36(32)39(37)38(33)34/h14H2,1-13H3. The number of aryl methyl sites for hydroxylation is 5. The Hall–Kier alpha value is -3.32. The second kappa shape index (κ2) is 7.45.